The standard InChI is InChI=1S/C30H33N5O3.C2H6/c1-22-13-15-23(16-14-22)17-18-33-20-26-34(28(29(33)37)25-11-7-4-8-12-25)27(36)21-32(2)35(26)30(38)31-19-24-9-5-3-6-10-24;1-2/h3-16,26,28H,17-21H2,1-2H3,(H,31,38);1-2H3/t26?,28-;/m0./s1. The zero-order valence-corrected chi connectivity index (χ0v) is 23.8. The second kappa shape index (κ2) is 13.3. The smallest absolute Gasteiger partial charge is 0.334 e. The first-order valence-corrected chi connectivity index (χ1v) is 13.9. The first-order valence-electron chi connectivity index (χ1n) is 13.9. The number of piperazine rings is 1. The van der Waals surface area contributed by atoms with E-state index < -0.39 is 12.2 Å². The van der Waals surface area contributed by atoms with E-state index in [1.54, 1.807) is 26.9 Å². The summed E-state index contributed by atoms with van der Waals surface area (Å²) in [7, 11) is 1.74. The fraction of sp³-hybridized carbons (Fsp3) is 0.344. The zero-order chi connectivity index (χ0) is 28.6. The van der Waals surface area contributed by atoms with E-state index in [2.05, 4.69) is 29.6 Å². The molecular weight excluding hydrogens is 502 g/mol. The normalized spacial score (nSPS) is 19.1. The number of carbonyl (C=O) groups excluding carboxylic acids is 3. The Kier molecular flexibility index (Phi) is 9.56. The van der Waals surface area contributed by atoms with Crippen LogP contribution in [-0.4, -0.2) is 70.5 Å². The average Bonchev–Trinajstić information content (AvgIpc) is 2.98. The number of benzene rings is 3. The van der Waals surface area contributed by atoms with E-state index in [9.17, 15) is 14.4 Å². The summed E-state index contributed by atoms with van der Waals surface area (Å²) < 4.78 is 0. The van der Waals surface area contributed by atoms with Gasteiger partial charge in [-0.25, -0.2) is 14.8 Å². The Labute approximate surface area is 237 Å². The molecule has 1 N–H and O–H groups in total. The van der Waals surface area contributed by atoms with E-state index in [0.29, 0.717) is 19.5 Å². The number of rotatable bonds is 6. The van der Waals surface area contributed by atoms with Crippen LogP contribution in [0.2, 0.25) is 0 Å². The van der Waals surface area contributed by atoms with E-state index in [4.69, 9.17) is 0 Å². The Morgan fingerprint density at radius 1 is 0.875 bits per heavy atom. The molecule has 2 heterocycles. The van der Waals surface area contributed by atoms with Crippen LogP contribution in [0.5, 0.6) is 0 Å². The van der Waals surface area contributed by atoms with Crippen LogP contribution in [0.15, 0.2) is 84.9 Å². The lowest BCUT2D eigenvalue weighted by molar-refractivity contribution is -0.187. The van der Waals surface area contributed by atoms with Gasteiger partial charge in [-0.3, -0.25) is 9.59 Å². The van der Waals surface area contributed by atoms with Gasteiger partial charge in [-0.05, 0) is 30.0 Å². The summed E-state index contributed by atoms with van der Waals surface area (Å²) in [4.78, 5) is 44.2. The summed E-state index contributed by atoms with van der Waals surface area (Å²) in [5.74, 6) is -0.299. The van der Waals surface area contributed by atoms with Crippen LogP contribution < -0.4 is 5.32 Å². The monoisotopic (exact) mass is 541 g/mol. The van der Waals surface area contributed by atoms with Gasteiger partial charge in [0.2, 0.25) is 11.8 Å². The summed E-state index contributed by atoms with van der Waals surface area (Å²) in [5.41, 5.74) is 4.04. The van der Waals surface area contributed by atoms with E-state index in [1.807, 2.05) is 81.4 Å². The topological polar surface area (TPSA) is 76.2 Å². The van der Waals surface area contributed by atoms with Crippen LogP contribution in [-0.2, 0) is 22.6 Å². The van der Waals surface area contributed by atoms with Gasteiger partial charge in [-0.1, -0.05) is 104 Å². The molecule has 3 aromatic carbocycles. The van der Waals surface area contributed by atoms with Crippen LogP contribution in [0, 0.1) is 6.92 Å². The van der Waals surface area contributed by atoms with Gasteiger partial charge in [0.15, 0.2) is 0 Å². The largest absolute Gasteiger partial charge is 0.336 e. The van der Waals surface area contributed by atoms with Crippen molar-refractivity contribution >= 4 is 17.8 Å². The fourth-order valence-electron chi connectivity index (χ4n) is 5.23. The van der Waals surface area contributed by atoms with Gasteiger partial charge in [-0.2, -0.15) is 0 Å². The third-order valence-electron chi connectivity index (χ3n) is 7.23. The lowest BCUT2D eigenvalue weighted by atomic mass is 9.98. The van der Waals surface area contributed by atoms with Crippen LogP contribution in [0.4, 0.5) is 4.79 Å². The van der Waals surface area contributed by atoms with Crippen molar-refractivity contribution in [2.24, 2.45) is 0 Å². The number of amides is 4. The first-order chi connectivity index (χ1) is 19.4. The SMILES string of the molecule is CC.Cc1ccc(CCN2CC3N(C(=O)CN(C)N3C(=O)NCc3ccccc3)[C@@H](c3ccccc3)C2=O)cc1. The lowest BCUT2D eigenvalue weighted by Gasteiger charge is -2.54. The Morgan fingerprint density at radius 3 is 2.15 bits per heavy atom. The van der Waals surface area contributed by atoms with E-state index in [0.717, 1.165) is 16.7 Å². The van der Waals surface area contributed by atoms with Crippen molar-refractivity contribution in [1.29, 1.82) is 0 Å². The first kappa shape index (κ1) is 28.8. The Bertz CT molecular complexity index is 1280. The summed E-state index contributed by atoms with van der Waals surface area (Å²) in [6, 6.07) is 26.2. The summed E-state index contributed by atoms with van der Waals surface area (Å²) in [5, 5.41) is 6.24. The number of likely N-dealkylation sites (N-methyl/N-ethyl adjacent to an activating group) is 1. The fourth-order valence-corrected chi connectivity index (χ4v) is 5.23. The molecule has 0 aliphatic carbocycles. The van der Waals surface area contributed by atoms with Crippen LogP contribution in [0.1, 0.15) is 42.1 Å². The molecule has 2 atom stereocenters. The average molecular weight is 542 g/mol. The van der Waals surface area contributed by atoms with Crippen LogP contribution in [0.25, 0.3) is 0 Å². The highest BCUT2D eigenvalue weighted by Crippen LogP contribution is 2.34. The summed E-state index contributed by atoms with van der Waals surface area (Å²) >= 11 is 0. The molecule has 0 spiro atoms. The molecule has 4 amide bonds. The molecule has 0 saturated carbocycles. The highest BCUT2D eigenvalue weighted by atomic mass is 16.2. The summed E-state index contributed by atoms with van der Waals surface area (Å²) in [6.07, 6.45) is 0.0579. The molecule has 0 aromatic heterocycles. The second-order valence-corrected chi connectivity index (χ2v) is 9.92. The van der Waals surface area contributed by atoms with Gasteiger partial charge >= 0.3 is 6.03 Å². The molecule has 0 radical (unpaired) electrons. The number of urea groups is 1. The predicted molar refractivity (Wildman–Crippen MR) is 156 cm³/mol. The van der Waals surface area contributed by atoms with Gasteiger partial charge in [0, 0.05) is 20.1 Å². The van der Waals surface area contributed by atoms with Gasteiger partial charge in [0.1, 0.15) is 12.2 Å². The minimum Gasteiger partial charge on any atom is -0.336 e. The number of hydrogen-bond donors (Lipinski definition) is 1. The second-order valence-electron chi connectivity index (χ2n) is 9.92. The maximum Gasteiger partial charge on any atom is 0.334 e. The number of aryl methyl sites for hydroxylation is 1. The molecule has 2 saturated heterocycles. The molecule has 2 aliphatic rings. The highest BCUT2D eigenvalue weighted by Gasteiger charge is 2.51. The Hall–Kier alpha value is -4.17. The molecule has 1 unspecified atom stereocenters. The highest BCUT2D eigenvalue weighted by molar-refractivity contribution is 5.92. The molecule has 3 aromatic rings. The third kappa shape index (κ3) is 6.34. The van der Waals surface area contributed by atoms with Gasteiger partial charge < -0.3 is 15.1 Å². The minimum absolute atomic E-state index is 0.00916. The van der Waals surface area contributed by atoms with Crippen molar-refractivity contribution in [1.82, 2.24) is 25.1 Å². The van der Waals surface area contributed by atoms with Gasteiger partial charge in [0.05, 0.1) is 13.1 Å². The van der Waals surface area contributed by atoms with Crippen molar-refractivity contribution in [2.45, 2.75) is 45.9 Å². The Balaban J connectivity index is 0.00000181. The molecule has 40 heavy (non-hydrogen) atoms. The van der Waals surface area contributed by atoms with Crippen LogP contribution in [0.3, 0.4) is 0 Å². The van der Waals surface area contributed by atoms with Crippen molar-refractivity contribution in [3.8, 4) is 0 Å². The van der Waals surface area contributed by atoms with Crippen molar-refractivity contribution in [2.75, 3.05) is 26.7 Å². The minimum atomic E-state index is -0.793. The number of nitrogens with one attached hydrogen (secondary N) is 1. The molecule has 2 fully saturated rings. The zero-order valence-electron chi connectivity index (χ0n) is 23.8. The van der Waals surface area contributed by atoms with Gasteiger partial charge in [-0.15, -0.1) is 0 Å². The van der Waals surface area contributed by atoms with Crippen molar-refractivity contribution in [3.63, 3.8) is 0 Å². The van der Waals surface area contributed by atoms with E-state index >= 15 is 0 Å². The molecule has 8 nitrogen and oxygen atoms in total. The molecular formula is C32H39N5O3. The van der Waals surface area contributed by atoms with Crippen LogP contribution >= 0.6 is 0 Å². The molecule has 0 bridgehead atoms. The van der Waals surface area contributed by atoms with E-state index in [-0.39, 0.29) is 30.9 Å². The van der Waals surface area contributed by atoms with Gasteiger partial charge in [0.25, 0.3) is 0 Å². The number of hydrazine groups is 1. The molecule has 8 heteroatoms. The summed E-state index contributed by atoms with van der Waals surface area (Å²) in [6.45, 7) is 7.15. The number of fused-ring (bicyclic) bond motifs is 1. The Morgan fingerprint density at radius 2 is 1.50 bits per heavy atom. The third-order valence-corrected chi connectivity index (χ3v) is 7.23. The van der Waals surface area contributed by atoms with E-state index in [1.165, 1.54) is 5.56 Å². The number of hydrogen-bond acceptors (Lipinski definition) is 4. The quantitative estimate of drug-likeness (QED) is 0.503. The number of nitrogens with zero attached hydrogens (tertiary/aromatic N) is 4. The molecule has 5 rings (SSSR count). The number of carbonyl (C=O) groups is 3. The van der Waals surface area contributed by atoms with Crippen molar-refractivity contribution < 1.29 is 14.4 Å². The maximum atomic E-state index is 13.9. The maximum absolute atomic E-state index is 13.9. The predicted octanol–water partition coefficient (Wildman–Crippen LogP) is 4.37. The van der Waals surface area contributed by atoms with Crippen molar-refractivity contribution in [3.05, 3.63) is 107 Å². The molecule has 2 aliphatic heterocycles. The lowest BCUT2D eigenvalue weighted by Crippen LogP contribution is -2.73. The molecule has 210 valence electrons.